The maximum atomic E-state index is 6.18. The van der Waals surface area contributed by atoms with Crippen molar-refractivity contribution in [2.24, 2.45) is 11.1 Å². The number of nitrogens with two attached hydrogens (primary N) is 1. The summed E-state index contributed by atoms with van der Waals surface area (Å²) < 4.78 is 5.38. The number of halogens is 1. The second-order valence-electron chi connectivity index (χ2n) is 4.27. The average molecular weight is 198 g/mol. The number of hydrogen-bond donors (Lipinski definition) is 1. The Balaban J connectivity index is 2.07. The molecule has 1 saturated carbocycles. The van der Waals surface area contributed by atoms with E-state index >= 15 is 0 Å². The molecule has 0 radical (unpaired) electrons. The van der Waals surface area contributed by atoms with Crippen LogP contribution in [-0.4, -0.2) is 0 Å². The minimum absolute atomic E-state index is 0.160. The molecule has 1 fully saturated rings. The standard InChI is InChI=1S/C10H12ClNO/c11-8-5-6-7(13-8)1-2-10(3-4-10)9(6)12/h5,9H,1-4,12H2. The van der Waals surface area contributed by atoms with E-state index in [-0.39, 0.29) is 6.04 Å². The van der Waals surface area contributed by atoms with Gasteiger partial charge in [-0.25, -0.2) is 0 Å². The third-order valence-electron chi connectivity index (χ3n) is 3.55. The minimum atomic E-state index is 0.160. The van der Waals surface area contributed by atoms with Gasteiger partial charge in [0, 0.05) is 24.1 Å². The lowest BCUT2D eigenvalue weighted by molar-refractivity contribution is 0.327. The molecule has 0 aliphatic heterocycles. The first-order valence-electron chi connectivity index (χ1n) is 4.75. The van der Waals surface area contributed by atoms with Crippen LogP contribution in [0.2, 0.25) is 5.22 Å². The maximum absolute atomic E-state index is 6.18. The molecule has 3 rings (SSSR count). The van der Waals surface area contributed by atoms with E-state index < -0.39 is 0 Å². The van der Waals surface area contributed by atoms with Crippen molar-refractivity contribution < 1.29 is 4.42 Å². The molecule has 0 saturated heterocycles. The Morgan fingerprint density at radius 3 is 2.92 bits per heavy atom. The van der Waals surface area contributed by atoms with Crippen LogP contribution in [-0.2, 0) is 6.42 Å². The van der Waals surface area contributed by atoms with Gasteiger partial charge in [0.25, 0.3) is 0 Å². The molecule has 13 heavy (non-hydrogen) atoms. The van der Waals surface area contributed by atoms with Crippen molar-refractivity contribution in [2.75, 3.05) is 0 Å². The van der Waals surface area contributed by atoms with E-state index in [4.69, 9.17) is 21.8 Å². The zero-order valence-electron chi connectivity index (χ0n) is 7.35. The molecule has 1 aromatic rings. The first-order valence-corrected chi connectivity index (χ1v) is 5.13. The molecule has 70 valence electrons. The topological polar surface area (TPSA) is 39.2 Å². The highest BCUT2D eigenvalue weighted by molar-refractivity contribution is 6.28. The van der Waals surface area contributed by atoms with Crippen molar-refractivity contribution in [3.63, 3.8) is 0 Å². The zero-order chi connectivity index (χ0) is 9.05. The van der Waals surface area contributed by atoms with Gasteiger partial charge in [0.15, 0.2) is 5.22 Å². The number of furan rings is 1. The monoisotopic (exact) mass is 197 g/mol. The van der Waals surface area contributed by atoms with Crippen molar-refractivity contribution in [1.82, 2.24) is 0 Å². The Morgan fingerprint density at radius 1 is 1.46 bits per heavy atom. The third kappa shape index (κ3) is 0.990. The lowest BCUT2D eigenvalue weighted by Crippen LogP contribution is -2.27. The second kappa shape index (κ2) is 2.31. The molecule has 2 N–H and O–H groups in total. The molecule has 3 heteroatoms. The van der Waals surface area contributed by atoms with Crippen LogP contribution in [0, 0.1) is 5.41 Å². The maximum Gasteiger partial charge on any atom is 0.193 e. The van der Waals surface area contributed by atoms with Crippen molar-refractivity contribution in [1.29, 1.82) is 0 Å². The Morgan fingerprint density at radius 2 is 2.23 bits per heavy atom. The smallest absolute Gasteiger partial charge is 0.193 e. The van der Waals surface area contributed by atoms with Gasteiger partial charge in [-0.15, -0.1) is 0 Å². The molecule has 0 amide bonds. The highest BCUT2D eigenvalue weighted by atomic mass is 35.5. The summed E-state index contributed by atoms with van der Waals surface area (Å²) in [6, 6.07) is 2.05. The average Bonchev–Trinajstić information content (AvgIpc) is 2.78. The fraction of sp³-hybridized carbons (Fsp3) is 0.600. The summed E-state index contributed by atoms with van der Waals surface area (Å²) in [5, 5.41) is 0.484. The highest BCUT2D eigenvalue weighted by Crippen LogP contribution is 2.60. The molecule has 2 aliphatic rings. The van der Waals surface area contributed by atoms with Crippen LogP contribution in [0.25, 0.3) is 0 Å². The molecule has 1 aromatic heterocycles. The van der Waals surface area contributed by atoms with Crippen molar-refractivity contribution >= 4 is 11.6 Å². The number of aryl methyl sites for hydroxylation is 1. The molecule has 0 aromatic carbocycles. The van der Waals surface area contributed by atoms with E-state index in [1.54, 1.807) is 0 Å². The first-order chi connectivity index (χ1) is 6.21. The van der Waals surface area contributed by atoms with Crippen LogP contribution in [0.3, 0.4) is 0 Å². The highest BCUT2D eigenvalue weighted by Gasteiger charge is 2.51. The second-order valence-corrected chi connectivity index (χ2v) is 4.64. The van der Waals surface area contributed by atoms with Gasteiger partial charge in [-0.05, 0) is 36.3 Å². The quantitative estimate of drug-likeness (QED) is 0.695. The number of hydrogen-bond acceptors (Lipinski definition) is 2. The molecule has 1 unspecified atom stereocenters. The summed E-state index contributed by atoms with van der Waals surface area (Å²) in [7, 11) is 0. The van der Waals surface area contributed by atoms with Crippen LogP contribution < -0.4 is 5.73 Å². The van der Waals surface area contributed by atoms with E-state index in [0.717, 1.165) is 17.7 Å². The Bertz CT molecular complexity index is 354. The minimum Gasteiger partial charge on any atom is -0.449 e. The lowest BCUT2D eigenvalue weighted by atomic mass is 9.81. The predicted molar refractivity (Wildman–Crippen MR) is 50.6 cm³/mol. The van der Waals surface area contributed by atoms with Gasteiger partial charge in [0.2, 0.25) is 0 Å². The summed E-state index contributed by atoms with van der Waals surface area (Å²) in [6.45, 7) is 0. The Kier molecular flexibility index (Phi) is 1.40. The lowest BCUT2D eigenvalue weighted by Gasteiger charge is -2.27. The van der Waals surface area contributed by atoms with Gasteiger partial charge in [-0.3, -0.25) is 0 Å². The van der Waals surface area contributed by atoms with Crippen LogP contribution in [0.1, 0.15) is 36.6 Å². The van der Waals surface area contributed by atoms with Gasteiger partial charge >= 0.3 is 0 Å². The fourth-order valence-corrected chi connectivity index (χ4v) is 2.65. The molecular formula is C10H12ClNO. The summed E-state index contributed by atoms with van der Waals surface area (Å²) in [5.74, 6) is 1.01. The van der Waals surface area contributed by atoms with Crippen molar-refractivity contribution in [2.45, 2.75) is 31.7 Å². The van der Waals surface area contributed by atoms with Gasteiger partial charge in [0.1, 0.15) is 5.76 Å². The molecular weight excluding hydrogens is 186 g/mol. The molecule has 2 aliphatic carbocycles. The van der Waals surface area contributed by atoms with Gasteiger partial charge in [0.05, 0.1) is 0 Å². The molecule has 1 spiro atoms. The van der Waals surface area contributed by atoms with Gasteiger partial charge < -0.3 is 10.2 Å². The Labute approximate surface area is 82.0 Å². The van der Waals surface area contributed by atoms with Crippen LogP contribution in [0.4, 0.5) is 0 Å². The largest absolute Gasteiger partial charge is 0.449 e. The van der Waals surface area contributed by atoms with Crippen LogP contribution in [0.5, 0.6) is 0 Å². The summed E-state index contributed by atoms with van der Waals surface area (Å²) in [4.78, 5) is 0. The summed E-state index contributed by atoms with van der Waals surface area (Å²) >= 11 is 5.81. The van der Waals surface area contributed by atoms with E-state index in [1.165, 1.54) is 19.3 Å². The zero-order valence-corrected chi connectivity index (χ0v) is 8.10. The molecule has 1 heterocycles. The summed E-state index contributed by atoms with van der Waals surface area (Å²) in [5.41, 5.74) is 7.73. The van der Waals surface area contributed by atoms with E-state index in [1.807, 2.05) is 6.07 Å². The van der Waals surface area contributed by atoms with E-state index in [9.17, 15) is 0 Å². The SMILES string of the molecule is NC1c2cc(Cl)oc2CCC12CC2. The predicted octanol–water partition coefficient (Wildman–Crippen LogP) is 2.66. The van der Waals surface area contributed by atoms with E-state index in [2.05, 4.69) is 0 Å². The molecule has 0 bridgehead atoms. The van der Waals surface area contributed by atoms with E-state index in [0.29, 0.717) is 10.6 Å². The van der Waals surface area contributed by atoms with Gasteiger partial charge in [-0.1, -0.05) is 0 Å². The number of rotatable bonds is 0. The van der Waals surface area contributed by atoms with Gasteiger partial charge in [-0.2, -0.15) is 0 Å². The van der Waals surface area contributed by atoms with Crippen LogP contribution >= 0.6 is 11.6 Å². The summed E-state index contributed by atoms with van der Waals surface area (Å²) in [6.07, 6.45) is 4.73. The molecule has 1 atom stereocenters. The van der Waals surface area contributed by atoms with Crippen molar-refractivity contribution in [3.8, 4) is 0 Å². The van der Waals surface area contributed by atoms with Crippen LogP contribution in [0.15, 0.2) is 10.5 Å². The van der Waals surface area contributed by atoms with Crippen molar-refractivity contribution in [3.05, 3.63) is 22.6 Å². The first kappa shape index (κ1) is 7.89. The fourth-order valence-electron chi connectivity index (χ4n) is 2.44. The number of fused-ring (bicyclic) bond motifs is 1. The third-order valence-corrected chi connectivity index (χ3v) is 3.73. The molecule has 2 nitrogen and oxygen atoms in total. The Hall–Kier alpha value is -0.470. The normalized spacial score (nSPS) is 28.9.